The highest BCUT2D eigenvalue weighted by Crippen LogP contribution is 1.95. The summed E-state index contributed by atoms with van der Waals surface area (Å²) in [5.74, 6) is 0.705. The third kappa shape index (κ3) is 6.05. The van der Waals surface area contributed by atoms with Gasteiger partial charge in [-0.1, -0.05) is 13.8 Å². The van der Waals surface area contributed by atoms with Crippen LogP contribution in [-0.2, 0) is 5.11 Å². The Balaban J connectivity index is 3.16. The van der Waals surface area contributed by atoms with Gasteiger partial charge in [0.25, 0.3) is 0 Å². The summed E-state index contributed by atoms with van der Waals surface area (Å²) >= 11 is 0. The van der Waals surface area contributed by atoms with E-state index in [-0.39, 0.29) is 6.61 Å². The van der Waals surface area contributed by atoms with Crippen molar-refractivity contribution in [1.29, 1.82) is 0 Å². The van der Waals surface area contributed by atoms with E-state index in [0.717, 1.165) is 19.5 Å². The summed E-state index contributed by atoms with van der Waals surface area (Å²) in [7, 11) is 2.07. The maximum Gasteiger partial charge on any atom is 0.0834 e. The minimum atomic E-state index is 0.0580. The first-order valence-electron chi connectivity index (χ1n) is 3.93. The molecule has 0 heterocycles. The molecule has 0 aromatic rings. The van der Waals surface area contributed by atoms with Gasteiger partial charge in [0.2, 0.25) is 0 Å². The minimum Gasteiger partial charge on any atom is -0.306 e. The maximum absolute atomic E-state index is 10.1. The van der Waals surface area contributed by atoms with E-state index >= 15 is 0 Å². The van der Waals surface area contributed by atoms with Gasteiger partial charge in [-0.15, -0.1) is 0 Å². The normalized spacial score (nSPS) is 11.4. The summed E-state index contributed by atoms with van der Waals surface area (Å²) in [6.45, 7) is 6.48. The molecule has 0 aromatic carbocycles. The standard InChI is InChI=1S/C8H18NO/c1-8(2)7-9(3)5-4-6-10/h8H,4-7H2,1-3H3. The van der Waals surface area contributed by atoms with Crippen molar-refractivity contribution in [3.63, 3.8) is 0 Å². The summed E-state index contributed by atoms with van der Waals surface area (Å²) < 4.78 is 0. The lowest BCUT2D eigenvalue weighted by Gasteiger charge is -2.17. The molecule has 2 nitrogen and oxygen atoms in total. The summed E-state index contributed by atoms with van der Waals surface area (Å²) in [6, 6.07) is 0. The Hall–Kier alpha value is -0.0800. The van der Waals surface area contributed by atoms with Crippen LogP contribution in [0.25, 0.3) is 0 Å². The Morgan fingerprint density at radius 2 is 2.00 bits per heavy atom. The summed E-state index contributed by atoms with van der Waals surface area (Å²) in [4.78, 5) is 2.21. The molecule has 1 radical (unpaired) electrons. The molecule has 61 valence electrons. The highest BCUT2D eigenvalue weighted by molar-refractivity contribution is 4.53. The topological polar surface area (TPSA) is 23.1 Å². The van der Waals surface area contributed by atoms with Gasteiger partial charge in [-0.3, -0.25) is 0 Å². The Bertz CT molecular complexity index is 73.7. The monoisotopic (exact) mass is 144 g/mol. The molecule has 0 bridgehead atoms. The van der Waals surface area contributed by atoms with Gasteiger partial charge in [-0.25, -0.2) is 5.11 Å². The van der Waals surface area contributed by atoms with Crippen LogP contribution in [0.3, 0.4) is 0 Å². The fourth-order valence-corrected chi connectivity index (χ4v) is 1.05. The number of hydrogen-bond donors (Lipinski definition) is 0. The van der Waals surface area contributed by atoms with Gasteiger partial charge in [0.1, 0.15) is 0 Å². The van der Waals surface area contributed by atoms with Crippen LogP contribution in [0.4, 0.5) is 0 Å². The van der Waals surface area contributed by atoms with E-state index in [9.17, 15) is 5.11 Å². The predicted molar refractivity (Wildman–Crippen MR) is 42.5 cm³/mol. The van der Waals surface area contributed by atoms with Crippen LogP contribution in [0.2, 0.25) is 0 Å². The summed E-state index contributed by atoms with van der Waals surface area (Å²) in [5, 5.41) is 10.1. The molecule has 0 spiro atoms. The third-order valence-electron chi connectivity index (χ3n) is 1.36. The lowest BCUT2D eigenvalue weighted by Crippen LogP contribution is -2.24. The van der Waals surface area contributed by atoms with Crippen LogP contribution in [0.5, 0.6) is 0 Å². The molecule has 0 amide bonds. The molecular formula is C8H18NO. The number of hydrogen-bond acceptors (Lipinski definition) is 1. The highest BCUT2D eigenvalue weighted by Gasteiger charge is 1.99. The highest BCUT2D eigenvalue weighted by atomic mass is 16.3. The molecule has 2 heteroatoms. The molecule has 0 N–H and O–H groups in total. The van der Waals surface area contributed by atoms with Crippen molar-refractivity contribution in [1.82, 2.24) is 4.90 Å². The average Bonchev–Trinajstić information content (AvgIpc) is 1.82. The van der Waals surface area contributed by atoms with E-state index in [1.54, 1.807) is 0 Å². The zero-order valence-electron chi connectivity index (χ0n) is 7.26. The average molecular weight is 144 g/mol. The molecule has 0 aliphatic heterocycles. The molecule has 0 saturated carbocycles. The van der Waals surface area contributed by atoms with Crippen molar-refractivity contribution in [2.75, 3.05) is 26.7 Å². The van der Waals surface area contributed by atoms with Crippen molar-refractivity contribution in [3.8, 4) is 0 Å². The molecule has 0 aliphatic carbocycles. The van der Waals surface area contributed by atoms with E-state index in [1.165, 1.54) is 0 Å². The first-order valence-corrected chi connectivity index (χ1v) is 3.93. The first kappa shape index (κ1) is 9.92. The molecule has 0 fully saturated rings. The van der Waals surface area contributed by atoms with Crippen molar-refractivity contribution >= 4 is 0 Å². The molecule has 0 aromatic heterocycles. The van der Waals surface area contributed by atoms with Gasteiger partial charge < -0.3 is 4.90 Å². The van der Waals surface area contributed by atoms with Gasteiger partial charge in [-0.2, -0.15) is 0 Å². The van der Waals surface area contributed by atoms with Gasteiger partial charge >= 0.3 is 0 Å². The molecular weight excluding hydrogens is 126 g/mol. The quantitative estimate of drug-likeness (QED) is 0.572. The Kier molecular flexibility index (Phi) is 5.64. The van der Waals surface area contributed by atoms with Gasteiger partial charge in [0, 0.05) is 13.1 Å². The molecule has 0 atom stereocenters. The van der Waals surface area contributed by atoms with Gasteiger partial charge in [0.15, 0.2) is 0 Å². The Morgan fingerprint density at radius 3 is 2.40 bits per heavy atom. The molecule has 0 rings (SSSR count). The fourth-order valence-electron chi connectivity index (χ4n) is 1.05. The fraction of sp³-hybridized carbons (Fsp3) is 1.00. The summed E-state index contributed by atoms with van der Waals surface area (Å²) in [6.07, 6.45) is 0.781. The largest absolute Gasteiger partial charge is 0.306 e. The van der Waals surface area contributed by atoms with Crippen LogP contribution in [0, 0.1) is 5.92 Å². The first-order chi connectivity index (χ1) is 4.66. The second kappa shape index (κ2) is 5.69. The van der Waals surface area contributed by atoms with E-state index in [1.807, 2.05) is 0 Å². The smallest absolute Gasteiger partial charge is 0.0834 e. The minimum absolute atomic E-state index is 0.0580. The summed E-state index contributed by atoms with van der Waals surface area (Å²) in [5.41, 5.74) is 0. The lowest BCUT2D eigenvalue weighted by molar-refractivity contribution is 0.169. The van der Waals surface area contributed by atoms with Crippen molar-refractivity contribution in [3.05, 3.63) is 0 Å². The Morgan fingerprint density at radius 1 is 1.40 bits per heavy atom. The van der Waals surface area contributed by atoms with Crippen LogP contribution in [0.15, 0.2) is 0 Å². The van der Waals surface area contributed by atoms with Gasteiger partial charge in [-0.05, 0) is 19.4 Å². The van der Waals surface area contributed by atoms with E-state index in [2.05, 4.69) is 25.8 Å². The SMILES string of the molecule is CC(C)CN(C)CCC[O]. The Labute approximate surface area is 63.8 Å². The van der Waals surface area contributed by atoms with Crippen molar-refractivity contribution < 1.29 is 5.11 Å². The second-order valence-electron chi connectivity index (χ2n) is 3.21. The zero-order valence-corrected chi connectivity index (χ0v) is 7.26. The maximum atomic E-state index is 10.1. The van der Waals surface area contributed by atoms with Crippen LogP contribution in [0.1, 0.15) is 20.3 Å². The van der Waals surface area contributed by atoms with E-state index in [4.69, 9.17) is 0 Å². The van der Waals surface area contributed by atoms with Crippen LogP contribution in [-0.4, -0.2) is 31.6 Å². The van der Waals surface area contributed by atoms with Crippen LogP contribution >= 0.6 is 0 Å². The molecule has 0 saturated heterocycles. The predicted octanol–water partition coefficient (Wildman–Crippen LogP) is 1.39. The van der Waals surface area contributed by atoms with E-state index < -0.39 is 0 Å². The van der Waals surface area contributed by atoms with Crippen LogP contribution < -0.4 is 0 Å². The molecule has 10 heavy (non-hydrogen) atoms. The third-order valence-corrected chi connectivity index (χ3v) is 1.36. The second-order valence-corrected chi connectivity index (χ2v) is 3.21. The van der Waals surface area contributed by atoms with Crippen molar-refractivity contribution in [2.24, 2.45) is 5.92 Å². The lowest BCUT2D eigenvalue weighted by atomic mass is 10.2. The van der Waals surface area contributed by atoms with Gasteiger partial charge in [0.05, 0.1) is 6.61 Å². The van der Waals surface area contributed by atoms with Crippen molar-refractivity contribution in [2.45, 2.75) is 20.3 Å². The molecule has 0 unspecified atom stereocenters. The van der Waals surface area contributed by atoms with E-state index in [0.29, 0.717) is 5.92 Å². The molecule has 0 aliphatic rings. The number of nitrogens with zero attached hydrogens (tertiary/aromatic N) is 1. The zero-order chi connectivity index (χ0) is 7.98. The number of rotatable bonds is 5.